The van der Waals surface area contributed by atoms with Crippen molar-refractivity contribution < 1.29 is 18.7 Å². The summed E-state index contributed by atoms with van der Waals surface area (Å²) in [6, 6.07) is 3.84. The molecule has 0 aromatic heterocycles. The number of nitrogens with zero attached hydrogens (tertiary/aromatic N) is 2. The first-order valence-corrected chi connectivity index (χ1v) is 7.59. The lowest BCUT2D eigenvalue weighted by Gasteiger charge is -2.36. The number of piperazine rings is 1. The first-order valence-electron chi connectivity index (χ1n) is 7.21. The molecule has 3 rings (SSSR count). The standard InChI is InChI=1S/C15H16ClFN2O3/c16-10-1-2-11(12(17)9-10)14(20)19-6-4-18(5-7-19)13-3-8-22-15(13)21/h1-2,9,13H,3-8H2. The number of rotatable bonds is 2. The zero-order valence-electron chi connectivity index (χ0n) is 11.9. The molecular formula is C15H16ClFN2O3. The van der Waals surface area contributed by atoms with Crippen LogP contribution in [0.3, 0.4) is 0 Å². The van der Waals surface area contributed by atoms with Gasteiger partial charge in [0.25, 0.3) is 5.91 Å². The molecule has 0 bridgehead atoms. The first kappa shape index (κ1) is 15.2. The fraction of sp³-hybridized carbons (Fsp3) is 0.467. The number of amides is 1. The summed E-state index contributed by atoms with van der Waals surface area (Å²) in [6.07, 6.45) is 0.693. The maximum absolute atomic E-state index is 13.8. The Bertz CT molecular complexity index is 602. The Hall–Kier alpha value is -1.66. The number of hydrogen-bond acceptors (Lipinski definition) is 4. The number of halogens is 2. The molecule has 0 N–H and O–H groups in total. The second kappa shape index (κ2) is 6.22. The average molecular weight is 327 g/mol. The summed E-state index contributed by atoms with van der Waals surface area (Å²) >= 11 is 5.70. The fourth-order valence-electron chi connectivity index (χ4n) is 2.89. The van der Waals surface area contributed by atoms with Crippen LogP contribution in [0, 0.1) is 5.82 Å². The van der Waals surface area contributed by atoms with E-state index in [1.165, 1.54) is 12.1 Å². The monoisotopic (exact) mass is 326 g/mol. The number of benzene rings is 1. The van der Waals surface area contributed by atoms with Gasteiger partial charge in [0.2, 0.25) is 0 Å². The molecule has 2 aliphatic heterocycles. The van der Waals surface area contributed by atoms with Crippen LogP contribution in [0.15, 0.2) is 18.2 Å². The molecule has 118 valence electrons. The Balaban J connectivity index is 1.63. The molecule has 1 aromatic carbocycles. The Kier molecular flexibility index (Phi) is 4.31. The molecule has 2 aliphatic rings. The zero-order chi connectivity index (χ0) is 15.7. The average Bonchev–Trinajstić information content (AvgIpc) is 2.93. The lowest BCUT2D eigenvalue weighted by molar-refractivity contribution is -0.142. The van der Waals surface area contributed by atoms with E-state index < -0.39 is 5.82 Å². The van der Waals surface area contributed by atoms with Gasteiger partial charge in [-0.05, 0) is 18.2 Å². The predicted molar refractivity (Wildman–Crippen MR) is 78.3 cm³/mol. The van der Waals surface area contributed by atoms with Gasteiger partial charge < -0.3 is 9.64 Å². The van der Waals surface area contributed by atoms with Crippen molar-refractivity contribution in [3.05, 3.63) is 34.6 Å². The van der Waals surface area contributed by atoms with Crippen molar-refractivity contribution >= 4 is 23.5 Å². The number of hydrogen-bond donors (Lipinski definition) is 0. The van der Waals surface area contributed by atoms with Gasteiger partial charge in [-0.1, -0.05) is 11.6 Å². The minimum Gasteiger partial charge on any atom is -0.464 e. The smallest absolute Gasteiger partial charge is 0.323 e. The third-order valence-corrected chi connectivity index (χ3v) is 4.35. The van der Waals surface area contributed by atoms with Gasteiger partial charge in [-0.15, -0.1) is 0 Å². The van der Waals surface area contributed by atoms with Crippen molar-refractivity contribution in [3.63, 3.8) is 0 Å². The lowest BCUT2D eigenvalue weighted by Crippen LogP contribution is -2.53. The SMILES string of the molecule is O=C1OCCC1N1CCN(C(=O)c2ccc(Cl)cc2F)CC1. The number of carbonyl (C=O) groups excluding carboxylic acids is 2. The first-order chi connectivity index (χ1) is 10.6. The Morgan fingerprint density at radius 3 is 2.59 bits per heavy atom. The van der Waals surface area contributed by atoms with Crippen molar-refractivity contribution in [1.82, 2.24) is 9.80 Å². The summed E-state index contributed by atoms with van der Waals surface area (Å²) in [4.78, 5) is 27.6. The van der Waals surface area contributed by atoms with Crippen molar-refractivity contribution in [2.24, 2.45) is 0 Å². The van der Waals surface area contributed by atoms with Gasteiger partial charge in [0.1, 0.15) is 11.9 Å². The minimum atomic E-state index is -0.612. The fourth-order valence-corrected chi connectivity index (χ4v) is 3.05. The molecule has 0 aliphatic carbocycles. The van der Waals surface area contributed by atoms with E-state index in [0.29, 0.717) is 39.2 Å². The Morgan fingerprint density at radius 2 is 2.00 bits per heavy atom. The number of cyclic esters (lactones) is 1. The molecule has 0 spiro atoms. The van der Waals surface area contributed by atoms with E-state index in [2.05, 4.69) is 0 Å². The molecule has 0 saturated carbocycles. The van der Waals surface area contributed by atoms with Crippen molar-refractivity contribution in [2.75, 3.05) is 32.8 Å². The molecular weight excluding hydrogens is 311 g/mol. The molecule has 7 heteroatoms. The van der Waals surface area contributed by atoms with E-state index in [1.807, 2.05) is 4.90 Å². The number of ether oxygens (including phenoxy) is 1. The van der Waals surface area contributed by atoms with Gasteiger partial charge in [0, 0.05) is 37.6 Å². The summed E-state index contributed by atoms with van der Waals surface area (Å²) in [6.45, 7) is 2.55. The maximum Gasteiger partial charge on any atom is 0.323 e. The topological polar surface area (TPSA) is 49.9 Å². The largest absolute Gasteiger partial charge is 0.464 e. The summed E-state index contributed by atoms with van der Waals surface area (Å²) in [5, 5.41) is 0.263. The second-order valence-corrected chi connectivity index (χ2v) is 5.86. The predicted octanol–water partition coefficient (Wildman–Crippen LogP) is 1.55. The van der Waals surface area contributed by atoms with Gasteiger partial charge >= 0.3 is 5.97 Å². The maximum atomic E-state index is 13.8. The van der Waals surface area contributed by atoms with E-state index in [4.69, 9.17) is 16.3 Å². The van der Waals surface area contributed by atoms with Gasteiger partial charge in [0.15, 0.2) is 0 Å². The third-order valence-electron chi connectivity index (χ3n) is 4.11. The highest BCUT2D eigenvalue weighted by atomic mass is 35.5. The summed E-state index contributed by atoms with van der Waals surface area (Å²) < 4.78 is 18.8. The molecule has 5 nitrogen and oxygen atoms in total. The molecule has 1 amide bonds. The van der Waals surface area contributed by atoms with Crippen molar-refractivity contribution in [2.45, 2.75) is 12.5 Å². The molecule has 22 heavy (non-hydrogen) atoms. The minimum absolute atomic E-state index is 0.0260. The van der Waals surface area contributed by atoms with E-state index in [-0.39, 0.29) is 28.5 Å². The van der Waals surface area contributed by atoms with Crippen LogP contribution in [-0.4, -0.2) is 60.5 Å². The third kappa shape index (κ3) is 2.94. The van der Waals surface area contributed by atoms with Crippen LogP contribution in [0.4, 0.5) is 4.39 Å². The number of carbonyl (C=O) groups is 2. The van der Waals surface area contributed by atoms with E-state index in [9.17, 15) is 14.0 Å². The highest BCUT2D eigenvalue weighted by molar-refractivity contribution is 6.30. The van der Waals surface area contributed by atoms with Crippen LogP contribution >= 0.6 is 11.6 Å². The second-order valence-electron chi connectivity index (χ2n) is 5.42. The Morgan fingerprint density at radius 1 is 1.27 bits per heavy atom. The summed E-state index contributed by atoms with van der Waals surface area (Å²) in [5.74, 6) is -1.15. The van der Waals surface area contributed by atoms with Gasteiger partial charge in [-0.25, -0.2) is 4.39 Å². The van der Waals surface area contributed by atoms with Crippen LogP contribution in [0.2, 0.25) is 5.02 Å². The molecule has 2 saturated heterocycles. The van der Waals surface area contributed by atoms with E-state index >= 15 is 0 Å². The molecule has 1 atom stereocenters. The molecule has 0 radical (unpaired) electrons. The van der Waals surface area contributed by atoms with Crippen LogP contribution in [-0.2, 0) is 9.53 Å². The zero-order valence-corrected chi connectivity index (χ0v) is 12.7. The van der Waals surface area contributed by atoms with E-state index in [1.54, 1.807) is 4.90 Å². The lowest BCUT2D eigenvalue weighted by atomic mass is 10.1. The molecule has 2 heterocycles. The van der Waals surface area contributed by atoms with Gasteiger partial charge in [-0.2, -0.15) is 0 Å². The van der Waals surface area contributed by atoms with Crippen LogP contribution in [0.1, 0.15) is 16.8 Å². The van der Waals surface area contributed by atoms with Crippen LogP contribution in [0.25, 0.3) is 0 Å². The quantitative estimate of drug-likeness (QED) is 0.774. The molecule has 1 unspecified atom stereocenters. The van der Waals surface area contributed by atoms with E-state index in [0.717, 1.165) is 6.07 Å². The van der Waals surface area contributed by atoms with Gasteiger partial charge in [0.05, 0.1) is 12.2 Å². The van der Waals surface area contributed by atoms with Crippen molar-refractivity contribution in [1.29, 1.82) is 0 Å². The van der Waals surface area contributed by atoms with Crippen LogP contribution in [0.5, 0.6) is 0 Å². The van der Waals surface area contributed by atoms with Crippen molar-refractivity contribution in [3.8, 4) is 0 Å². The highest BCUT2D eigenvalue weighted by Gasteiger charge is 2.35. The Labute approximate surface area is 132 Å². The van der Waals surface area contributed by atoms with Gasteiger partial charge in [-0.3, -0.25) is 14.5 Å². The molecule has 1 aromatic rings. The number of esters is 1. The summed E-state index contributed by atoms with van der Waals surface area (Å²) in [7, 11) is 0. The normalized spacial score (nSPS) is 22.7. The highest BCUT2D eigenvalue weighted by Crippen LogP contribution is 2.19. The molecule has 2 fully saturated rings. The summed E-state index contributed by atoms with van der Waals surface area (Å²) in [5.41, 5.74) is 0.0260. The van der Waals surface area contributed by atoms with Crippen LogP contribution < -0.4 is 0 Å².